The molecule has 0 bridgehead atoms. The van der Waals surface area contributed by atoms with Crippen LogP contribution in [0.2, 0.25) is 0 Å². The first-order chi connectivity index (χ1) is 10.9. The van der Waals surface area contributed by atoms with Gasteiger partial charge in [0.2, 0.25) is 0 Å². The molecule has 1 N–H and O–H groups in total. The summed E-state index contributed by atoms with van der Waals surface area (Å²) in [5.74, 6) is 0.716. The zero-order valence-corrected chi connectivity index (χ0v) is 14.1. The highest BCUT2D eigenvalue weighted by Crippen LogP contribution is 2.32. The Morgan fingerprint density at radius 1 is 0.957 bits per heavy atom. The second-order valence-corrected chi connectivity index (χ2v) is 6.92. The fourth-order valence-electron chi connectivity index (χ4n) is 2.53. The Balaban J connectivity index is 1.99. The summed E-state index contributed by atoms with van der Waals surface area (Å²) < 4.78 is 5.95. The Labute approximate surface area is 138 Å². The van der Waals surface area contributed by atoms with Crippen molar-refractivity contribution in [3.05, 3.63) is 48.5 Å². The van der Waals surface area contributed by atoms with Gasteiger partial charge < -0.3 is 9.76 Å². The average Bonchev–Trinajstić information content (AvgIpc) is 2.53. The summed E-state index contributed by atoms with van der Waals surface area (Å²) in [5.41, 5.74) is 0.734. The smallest absolute Gasteiger partial charge is 0.330 e. The highest BCUT2D eigenvalue weighted by molar-refractivity contribution is 6.47. The molecule has 1 radical (unpaired) electrons. The molecule has 3 aromatic carbocycles. The number of phenolic OH excluding ortho intramolecular Hbond substituents is 1. The van der Waals surface area contributed by atoms with Gasteiger partial charge >= 0.3 is 7.48 Å². The number of rotatable bonds is 4. The van der Waals surface area contributed by atoms with E-state index in [-0.39, 0.29) is 5.60 Å². The van der Waals surface area contributed by atoms with E-state index in [0.29, 0.717) is 11.7 Å². The van der Waals surface area contributed by atoms with Crippen molar-refractivity contribution < 1.29 is 9.76 Å². The maximum absolute atomic E-state index is 10.4. The summed E-state index contributed by atoms with van der Waals surface area (Å²) in [4.78, 5) is 0. The van der Waals surface area contributed by atoms with Crippen LogP contribution in [0.15, 0.2) is 48.5 Å². The Kier molecular flexibility index (Phi) is 4.07. The summed E-state index contributed by atoms with van der Waals surface area (Å²) in [5, 5.41) is 14.5. The van der Waals surface area contributed by atoms with Crippen LogP contribution in [-0.4, -0.2) is 18.2 Å². The third-order valence-electron chi connectivity index (χ3n) is 4.75. The van der Waals surface area contributed by atoms with Crippen molar-refractivity contribution in [2.75, 3.05) is 0 Å². The molecule has 0 aliphatic carbocycles. The maximum Gasteiger partial charge on any atom is 0.330 e. The zero-order chi connectivity index (χ0) is 16.6. The molecule has 23 heavy (non-hydrogen) atoms. The third kappa shape index (κ3) is 3.06. The van der Waals surface area contributed by atoms with E-state index in [1.54, 1.807) is 7.48 Å². The highest BCUT2D eigenvalue weighted by Gasteiger charge is 2.23. The molecule has 0 saturated carbocycles. The second kappa shape index (κ2) is 5.90. The largest absolute Gasteiger partial charge is 0.507 e. The van der Waals surface area contributed by atoms with E-state index in [0.717, 1.165) is 27.0 Å². The fraction of sp³-hybridized carbons (Fsp3) is 0.300. The van der Waals surface area contributed by atoms with Crippen LogP contribution < -0.4 is 5.46 Å². The number of hydrogen-bond acceptors (Lipinski definition) is 2. The van der Waals surface area contributed by atoms with E-state index in [1.165, 1.54) is 0 Å². The van der Waals surface area contributed by atoms with Gasteiger partial charge in [-0.15, -0.1) is 0 Å². The average molecular weight is 305 g/mol. The quantitative estimate of drug-likeness (QED) is 0.572. The highest BCUT2D eigenvalue weighted by atomic mass is 16.5. The monoisotopic (exact) mass is 305 g/mol. The molecule has 3 aromatic rings. The minimum atomic E-state index is -0.222. The molecule has 3 heteroatoms. The number of fused-ring (bicyclic) bond motifs is 3. The topological polar surface area (TPSA) is 29.5 Å². The van der Waals surface area contributed by atoms with E-state index in [4.69, 9.17) is 4.65 Å². The summed E-state index contributed by atoms with van der Waals surface area (Å²) in [6.45, 7) is 8.46. The summed E-state index contributed by atoms with van der Waals surface area (Å²) >= 11 is 0. The lowest BCUT2D eigenvalue weighted by Gasteiger charge is -2.30. The first kappa shape index (κ1) is 15.9. The first-order valence-corrected chi connectivity index (χ1v) is 8.04. The third-order valence-corrected chi connectivity index (χ3v) is 4.75. The molecular weight excluding hydrogens is 283 g/mol. The van der Waals surface area contributed by atoms with Crippen molar-refractivity contribution in [2.24, 2.45) is 5.92 Å². The van der Waals surface area contributed by atoms with Gasteiger partial charge in [-0.05, 0) is 42.0 Å². The van der Waals surface area contributed by atoms with Crippen LogP contribution in [0.4, 0.5) is 0 Å². The van der Waals surface area contributed by atoms with Crippen LogP contribution in [0.3, 0.4) is 0 Å². The van der Waals surface area contributed by atoms with Gasteiger partial charge in [-0.2, -0.15) is 0 Å². The van der Waals surface area contributed by atoms with Crippen molar-refractivity contribution in [1.82, 2.24) is 0 Å². The van der Waals surface area contributed by atoms with Crippen LogP contribution in [-0.2, 0) is 4.65 Å². The van der Waals surface area contributed by atoms with Crippen molar-refractivity contribution in [3.8, 4) is 5.75 Å². The van der Waals surface area contributed by atoms with E-state index >= 15 is 0 Å². The van der Waals surface area contributed by atoms with Crippen molar-refractivity contribution >= 4 is 34.5 Å². The molecule has 0 spiro atoms. The molecule has 0 aromatic heterocycles. The SMILES string of the molecule is CC(C)C(C)(C)O[B]c1ccc2c(c1)c(O)cc1ccccc12. The van der Waals surface area contributed by atoms with Gasteiger partial charge in [-0.3, -0.25) is 0 Å². The van der Waals surface area contributed by atoms with E-state index < -0.39 is 0 Å². The van der Waals surface area contributed by atoms with Crippen molar-refractivity contribution in [3.63, 3.8) is 0 Å². The molecular formula is C20H22BO2. The molecule has 0 heterocycles. The van der Waals surface area contributed by atoms with Crippen LogP contribution in [0.5, 0.6) is 5.75 Å². The molecule has 0 aliphatic rings. The number of hydrogen-bond donors (Lipinski definition) is 1. The van der Waals surface area contributed by atoms with Gasteiger partial charge in [-0.1, -0.05) is 61.8 Å². The predicted octanol–water partition coefficient (Wildman–Crippen LogP) is 4.39. The molecule has 0 fully saturated rings. The molecule has 0 amide bonds. The minimum Gasteiger partial charge on any atom is -0.507 e. The molecule has 3 rings (SSSR count). The lowest BCUT2D eigenvalue weighted by atomic mass is 9.83. The van der Waals surface area contributed by atoms with E-state index in [9.17, 15) is 5.11 Å². The van der Waals surface area contributed by atoms with Gasteiger partial charge in [0.15, 0.2) is 0 Å². The standard InChI is InChI=1S/C20H22BO2/c1-13(2)20(3,4)23-21-15-9-10-17-16-8-6-5-7-14(16)11-19(22)18(17)12-15/h5-13,22H,1-4H3. The lowest BCUT2D eigenvalue weighted by Crippen LogP contribution is -2.36. The van der Waals surface area contributed by atoms with E-state index in [2.05, 4.69) is 39.8 Å². The molecule has 0 aliphatic heterocycles. The number of aromatic hydroxyl groups is 1. The second-order valence-electron chi connectivity index (χ2n) is 6.92. The molecule has 0 saturated heterocycles. The Morgan fingerprint density at radius 2 is 1.70 bits per heavy atom. The summed E-state index contributed by atoms with van der Waals surface area (Å²) in [6.07, 6.45) is 0. The van der Waals surface area contributed by atoms with E-state index in [1.807, 2.05) is 36.4 Å². The van der Waals surface area contributed by atoms with Crippen LogP contribution in [0, 0.1) is 5.92 Å². The normalized spacial score (nSPS) is 12.2. The predicted molar refractivity (Wildman–Crippen MR) is 98.5 cm³/mol. The van der Waals surface area contributed by atoms with Gasteiger partial charge in [0.05, 0.1) is 0 Å². The number of benzene rings is 3. The summed E-state index contributed by atoms with van der Waals surface area (Å²) in [7, 11) is 1.79. The van der Waals surface area contributed by atoms with Gasteiger partial charge in [-0.25, -0.2) is 0 Å². The molecule has 0 atom stereocenters. The minimum absolute atomic E-state index is 0.222. The van der Waals surface area contributed by atoms with Crippen molar-refractivity contribution in [1.29, 1.82) is 0 Å². The van der Waals surface area contributed by atoms with Crippen molar-refractivity contribution in [2.45, 2.75) is 33.3 Å². The van der Waals surface area contributed by atoms with Crippen LogP contribution >= 0.6 is 0 Å². The zero-order valence-electron chi connectivity index (χ0n) is 14.1. The van der Waals surface area contributed by atoms with Gasteiger partial charge in [0.25, 0.3) is 0 Å². The summed E-state index contributed by atoms with van der Waals surface area (Å²) in [6, 6.07) is 16.0. The lowest BCUT2D eigenvalue weighted by molar-refractivity contribution is 0.0668. The van der Waals surface area contributed by atoms with Crippen LogP contribution in [0.25, 0.3) is 21.5 Å². The maximum atomic E-state index is 10.4. The Hall–Kier alpha value is -2.00. The Bertz CT molecular complexity index is 853. The van der Waals surface area contributed by atoms with Gasteiger partial charge in [0, 0.05) is 11.0 Å². The first-order valence-electron chi connectivity index (χ1n) is 8.04. The molecule has 2 nitrogen and oxygen atoms in total. The van der Waals surface area contributed by atoms with Gasteiger partial charge in [0.1, 0.15) is 5.75 Å². The molecule has 117 valence electrons. The number of phenols is 1. The van der Waals surface area contributed by atoms with Crippen LogP contribution in [0.1, 0.15) is 27.7 Å². The Morgan fingerprint density at radius 3 is 2.43 bits per heavy atom. The molecule has 0 unspecified atom stereocenters. The fourth-order valence-corrected chi connectivity index (χ4v) is 2.53.